The number of likely N-dealkylation sites (tertiary alicyclic amines) is 1. The third kappa shape index (κ3) is 5.53. The van der Waals surface area contributed by atoms with Crippen LogP contribution in [0.2, 0.25) is 0 Å². The van der Waals surface area contributed by atoms with Crippen LogP contribution in [0.4, 0.5) is 0 Å². The van der Waals surface area contributed by atoms with Gasteiger partial charge in [-0.2, -0.15) is 0 Å². The highest BCUT2D eigenvalue weighted by atomic mass is 16.5. The predicted octanol–water partition coefficient (Wildman–Crippen LogP) is 1.80. The lowest BCUT2D eigenvalue weighted by atomic mass is 10.0. The van der Waals surface area contributed by atoms with E-state index >= 15 is 0 Å². The van der Waals surface area contributed by atoms with E-state index < -0.39 is 0 Å². The molecular formula is C20H31N3O2. The Hall–Kier alpha value is -1.43. The molecule has 5 nitrogen and oxygen atoms in total. The van der Waals surface area contributed by atoms with Crippen molar-refractivity contribution in [2.75, 3.05) is 45.9 Å². The number of hydrogen-bond acceptors (Lipinski definition) is 4. The van der Waals surface area contributed by atoms with Crippen LogP contribution in [0.1, 0.15) is 30.4 Å². The number of morpholine rings is 1. The van der Waals surface area contributed by atoms with Gasteiger partial charge in [0.05, 0.1) is 19.8 Å². The van der Waals surface area contributed by atoms with Crippen LogP contribution in [0.25, 0.3) is 0 Å². The summed E-state index contributed by atoms with van der Waals surface area (Å²) in [6.45, 7) is 9.03. The Labute approximate surface area is 151 Å². The van der Waals surface area contributed by atoms with Crippen molar-refractivity contribution in [1.29, 1.82) is 0 Å². The lowest BCUT2D eigenvalue weighted by Gasteiger charge is -2.39. The number of nitrogens with one attached hydrogen (secondary N) is 1. The zero-order chi connectivity index (χ0) is 17.5. The first-order chi connectivity index (χ1) is 12.2. The molecule has 1 aromatic carbocycles. The second kappa shape index (κ2) is 9.32. The van der Waals surface area contributed by atoms with Crippen LogP contribution in [0.3, 0.4) is 0 Å². The van der Waals surface area contributed by atoms with Gasteiger partial charge in [0.1, 0.15) is 0 Å². The van der Waals surface area contributed by atoms with Crippen molar-refractivity contribution in [3.8, 4) is 0 Å². The van der Waals surface area contributed by atoms with Crippen LogP contribution in [0, 0.1) is 6.92 Å². The number of hydrogen-bond donors (Lipinski definition) is 1. The minimum Gasteiger partial charge on any atom is -0.379 e. The van der Waals surface area contributed by atoms with Crippen molar-refractivity contribution in [1.82, 2.24) is 15.1 Å². The highest BCUT2D eigenvalue weighted by Crippen LogP contribution is 2.18. The van der Waals surface area contributed by atoms with Crippen molar-refractivity contribution in [3.63, 3.8) is 0 Å². The van der Waals surface area contributed by atoms with Gasteiger partial charge in [-0.25, -0.2) is 0 Å². The van der Waals surface area contributed by atoms with Gasteiger partial charge in [0, 0.05) is 32.2 Å². The van der Waals surface area contributed by atoms with Crippen LogP contribution >= 0.6 is 0 Å². The molecule has 1 aromatic rings. The number of carbonyl (C=O) groups excluding carboxylic acids is 1. The first kappa shape index (κ1) is 18.4. The largest absolute Gasteiger partial charge is 0.379 e. The van der Waals surface area contributed by atoms with Gasteiger partial charge < -0.3 is 10.1 Å². The zero-order valence-corrected chi connectivity index (χ0v) is 15.4. The standard InChI is InChI=1S/C20H31N3O2/c1-17-6-2-3-7-18(17)14-21-20(24)16-23-9-5-4-8-19(23)15-22-10-12-25-13-11-22/h2-3,6-7,19H,4-5,8-16H2,1H3,(H,21,24). The Bertz CT molecular complexity index is 558. The highest BCUT2D eigenvalue weighted by Gasteiger charge is 2.26. The molecule has 0 saturated carbocycles. The molecule has 138 valence electrons. The summed E-state index contributed by atoms with van der Waals surface area (Å²) >= 11 is 0. The fourth-order valence-electron chi connectivity index (χ4n) is 3.80. The number of benzene rings is 1. The molecule has 1 N–H and O–H groups in total. The molecule has 25 heavy (non-hydrogen) atoms. The lowest BCUT2D eigenvalue weighted by molar-refractivity contribution is -0.123. The number of amides is 1. The van der Waals surface area contributed by atoms with Crippen molar-refractivity contribution in [3.05, 3.63) is 35.4 Å². The van der Waals surface area contributed by atoms with Crippen LogP contribution in [0.5, 0.6) is 0 Å². The highest BCUT2D eigenvalue weighted by molar-refractivity contribution is 5.78. The first-order valence-corrected chi connectivity index (χ1v) is 9.58. The minimum absolute atomic E-state index is 0.136. The van der Waals surface area contributed by atoms with Gasteiger partial charge in [-0.15, -0.1) is 0 Å². The topological polar surface area (TPSA) is 44.8 Å². The first-order valence-electron chi connectivity index (χ1n) is 9.58. The van der Waals surface area contributed by atoms with E-state index in [1.165, 1.54) is 30.4 Å². The molecule has 1 unspecified atom stereocenters. The number of aryl methyl sites for hydroxylation is 1. The number of carbonyl (C=O) groups is 1. The van der Waals surface area contributed by atoms with Gasteiger partial charge in [-0.05, 0) is 37.4 Å². The fourth-order valence-corrected chi connectivity index (χ4v) is 3.80. The van der Waals surface area contributed by atoms with Gasteiger partial charge in [0.25, 0.3) is 0 Å². The number of piperidine rings is 1. The van der Waals surface area contributed by atoms with Crippen LogP contribution in [-0.2, 0) is 16.1 Å². The molecule has 2 aliphatic rings. The molecule has 0 spiro atoms. The van der Waals surface area contributed by atoms with Crippen molar-refractivity contribution in [2.24, 2.45) is 0 Å². The second-order valence-electron chi connectivity index (χ2n) is 7.24. The Morgan fingerprint density at radius 2 is 2.00 bits per heavy atom. The van der Waals surface area contributed by atoms with E-state index in [4.69, 9.17) is 4.74 Å². The number of ether oxygens (including phenoxy) is 1. The molecule has 1 atom stereocenters. The molecule has 0 radical (unpaired) electrons. The summed E-state index contributed by atoms with van der Waals surface area (Å²) in [5.74, 6) is 0.136. The molecule has 0 aliphatic carbocycles. The molecular weight excluding hydrogens is 314 g/mol. The van der Waals surface area contributed by atoms with E-state index in [2.05, 4.69) is 34.2 Å². The zero-order valence-electron chi connectivity index (χ0n) is 15.4. The monoisotopic (exact) mass is 345 g/mol. The van der Waals surface area contributed by atoms with Crippen LogP contribution < -0.4 is 5.32 Å². The van der Waals surface area contributed by atoms with Gasteiger partial charge in [-0.1, -0.05) is 30.7 Å². The quantitative estimate of drug-likeness (QED) is 0.854. The van der Waals surface area contributed by atoms with Gasteiger partial charge in [-0.3, -0.25) is 14.6 Å². The third-order valence-corrected chi connectivity index (χ3v) is 5.41. The second-order valence-corrected chi connectivity index (χ2v) is 7.24. The van der Waals surface area contributed by atoms with E-state index in [0.29, 0.717) is 19.1 Å². The maximum Gasteiger partial charge on any atom is 0.234 e. The average Bonchev–Trinajstić information content (AvgIpc) is 2.64. The molecule has 5 heteroatoms. The summed E-state index contributed by atoms with van der Waals surface area (Å²) in [4.78, 5) is 17.3. The number of rotatable bonds is 6. The summed E-state index contributed by atoms with van der Waals surface area (Å²) < 4.78 is 5.44. The Balaban J connectivity index is 1.48. The molecule has 2 saturated heterocycles. The molecule has 2 heterocycles. The predicted molar refractivity (Wildman–Crippen MR) is 99.5 cm³/mol. The summed E-state index contributed by atoms with van der Waals surface area (Å²) in [5, 5.41) is 3.10. The van der Waals surface area contributed by atoms with Crippen molar-refractivity contribution in [2.45, 2.75) is 38.8 Å². The lowest BCUT2D eigenvalue weighted by Crippen LogP contribution is -2.51. The smallest absolute Gasteiger partial charge is 0.234 e. The van der Waals surface area contributed by atoms with Crippen LogP contribution in [0.15, 0.2) is 24.3 Å². The van der Waals surface area contributed by atoms with E-state index in [0.717, 1.165) is 39.4 Å². The molecule has 2 aliphatic heterocycles. The van der Waals surface area contributed by atoms with Crippen molar-refractivity contribution >= 4 is 5.91 Å². The summed E-state index contributed by atoms with van der Waals surface area (Å²) in [6, 6.07) is 8.72. The van der Waals surface area contributed by atoms with Gasteiger partial charge in [0.2, 0.25) is 5.91 Å². The third-order valence-electron chi connectivity index (χ3n) is 5.41. The van der Waals surface area contributed by atoms with Gasteiger partial charge >= 0.3 is 0 Å². The summed E-state index contributed by atoms with van der Waals surface area (Å²) in [6.07, 6.45) is 3.67. The van der Waals surface area contributed by atoms with Gasteiger partial charge in [0.15, 0.2) is 0 Å². The van der Waals surface area contributed by atoms with Crippen LogP contribution in [-0.4, -0.2) is 67.7 Å². The Morgan fingerprint density at radius 3 is 2.80 bits per heavy atom. The molecule has 3 rings (SSSR count). The Kier molecular flexibility index (Phi) is 6.84. The Morgan fingerprint density at radius 1 is 1.20 bits per heavy atom. The summed E-state index contributed by atoms with van der Waals surface area (Å²) in [5.41, 5.74) is 2.42. The van der Waals surface area contributed by atoms with Crippen molar-refractivity contribution < 1.29 is 9.53 Å². The fraction of sp³-hybridized carbons (Fsp3) is 0.650. The molecule has 2 fully saturated rings. The average molecular weight is 345 g/mol. The van der Waals surface area contributed by atoms with E-state index in [1.807, 2.05) is 12.1 Å². The molecule has 1 amide bonds. The normalized spacial score (nSPS) is 22.7. The molecule has 0 aromatic heterocycles. The van der Waals surface area contributed by atoms with E-state index in [1.54, 1.807) is 0 Å². The summed E-state index contributed by atoms with van der Waals surface area (Å²) in [7, 11) is 0. The van der Waals surface area contributed by atoms with E-state index in [9.17, 15) is 4.79 Å². The SMILES string of the molecule is Cc1ccccc1CNC(=O)CN1CCCCC1CN1CCOCC1. The number of nitrogens with zero attached hydrogens (tertiary/aromatic N) is 2. The van der Waals surface area contributed by atoms with E-state index in [-0.39, 0.29) is 5.91 Å². The molecule has 0 bridgehead atoms. The minimum atomic E-state index is 0.136. The maximum absolute atomic E-state index is 12.4. The maximum atomic E-state index is 12.4.